The highest BCUT2D eigenvalue weighted by molar-refractivity contribution is 7.13. The van der Waals surface area contributed by atoms with Crippen molar-refractivity contribution in [1.29, 1.82) is 0 Å². The molecule has 96 valence electrons. The molecule has 0 aliphatic rings. The van der Waals surface area contributed by atoms with Crippen LogP contribution in [0.2, 0.25) is 0 Å². The van der Waals surface area contributed by atoms with Gasteiger partial charge >= 0.3 is 5.97 Å². The first kappa shape index (κ1) is 12.6. The highest BCUT2D eigenvalue weighted by atomic mass is 32.1. The molecule has 0 fully saturated rings. The number of thiazole rings is 1. The van der Waals surface area contributed by atoms with Gasteiger partial charge in [-0.2, -0.15) is 0 Å². The molecule has 0 saturated heterocycles. The van der Waals surface area contributed by atoms with Crippen molar-refractivity contribution < 1.29 is 14.4 Å². The van der Waals surface area contributed by atoms with Crippen LogP contribution in [-0.4, -0.2) is 21.2 Å². The molecule has 0 aromatic carbocycles. The topological polar surface area (TPSA) is 88.2 Å². The average Bonchev–Trinajstić information content (AvgIpc) is 2.93. The summed E-state index contributed by atoms with van der Waals surface area (Å²) in [7, 11) is 0. The van der Waals surface area contributed by atoms with Crippen LogP contribution in [0.1, 0.15) is 23.6 Å². The van der Waals surface area contributed by atoms with Gasteiger partial charge in [0.15, 0.2) is 10.9 Å². The predicted octanol–water partition coefficient (Wildman–Crippen LogP) is 2.07. The van der Waals surface area contributed by atoms with Gasteiger partial charge in [-0.1, -0.05) is 5.16 Å². The minimum Gasteiger partial charge on any atom is -0.481 e. The number of aryl methyl sites for hydroxylation is 2. The molecule has 0 amide bonds. The molecule has 2 rings (SSSR count). The van der Waals surface area contributed by atoms with E-state index in [1.54, 1.807) is 0 Å². The second-order valence-electron chi connectivity index (χ2n) is 3.83. The van der Waals surface area contributed by atoms with Crippen LogP contribution in [-0.2, 0) is 17.8 Å². The summed E-state index contributed by atoms with van der Waals surface area (Å²) in [6, 6.07) is 1.85. The molecular formula is C11H13N3O3S. The smallest absolute Gasteiger partial charge is 0.303 e. The Labute approximate surface area is 108 Å². The fraction of sp³-hybridized carbons (Fsp3) is 0.364. The van der Waals surface area contributed by atoms with Crippen LogP contribution in [0.5, 0.6) is 0 Å². The van der Waals surface area contributed by atoms with Crippen molar-refractivity contribution in [2.45, 2.75) is 26.3 Å². The molecule has 0 saturated carbocycles. The van der Waals surface area contributed by atoms with Crippen LogP contribution in [0.3, 0.4) is 0 Å². The van der Waals surface area contributed by atoms with Crippen LogP contribution >= 0.6 is 11.3 Å². The van der Waals surface area contributed by atoms with Crippen molar-refractivity contribution in [1.82, 2.24) is 10.1 Å². The molecule has 0 unspecified atom stereocenters. The van der Waals surface area contributed by atoms with E-state index >= 15 is 0 Å². The number of nitrogens with one attached hydrogen (secondary N) is 1. The second-order valence-corrected chi connectivity index (χ2v) is 4.68. The van der Waals surface area contributed by atoms with Crippen LogP contribution in [0, 0.1) is 6.92 Å². The molecule has 18 heavy (non-hydrogen) atoms. The third kappa shape index (κ3) is 3.56. The zero-order chi connectivity index (χ0) is 13.0. The average molecular weight is 267 g/mol. The lowest BCUT2D eigenvalue weighted by Crippen LogP contribution is -1.99. The van der Waals surface area contributed by atoms with Crippen molar-refractivity contribution in [3.05, 3.63) is 28.6 Å². The fourth-order valence-electron chi connectivity index (χ4n) is 1.40. The molecule has 0 aliphatic carbocycles. The molecule has 0 bridgehead atoms. The Bertz CT molecular complexity index is 535. The van der Waals surface area contributed by atoms with Gasteiger partial charge in [0.25, 0.3) is 0 Å². The van der Waals surface area contributed by atoms with Crippen molar-refractivity contribution in [3.63, 3.8) is 0 Å². The lowest BCUT2D eigenvalue weighted by molar-refractivity contribution is -0.136. The molecule has 2 N–H and O–H groups in total. The number of hydrogen-bond acceptors (Lipinski definition) is 6. The van der Waals surface area contributed by atoms with E-state index in [9.17, 15) is 4.79 Å². The van der Waals surface area contributed by atoms with E-state index in [1.807, 2.05) is 18.4 Å². The second kappa shape index (κ2) is 5.63. The molecule has 7 heteroatoms. The maximum atomic E-state index is 10.4. The SMILES string of the molecule is Cc1cc(CNc2nc(CCC(=O)O)cs2)on1. The van der Waals surface area contributed by atoms with Gasteiger partial charge in [-0.3, -0.25) is 4.79 Å². The summed E-state index contributed by atoms with van der Waals surface area (Å²) in [5, 5.41) is 18.1. The standard InChI is InChI=1S/C11H13N3O3S/c1-7-4-9(17-14-7)5-12-11-13-8(6-18-11)2-3-10(15)16/h4,6H,2-3,5H2,1H3,(H,12,13)(H,15,16). The molecule has 0 atom stereocenters. The van der Waals surface area contributed by atoms with Crippen molar-refractivity contribution in [3.8, 4) is 0 Å². The molecule has 0 aliphatic heterocycles. The summed E-state index contributed by atoms with van der Waals surface area (Å²) < 4.78 is 5.06. The van der Waals surface area contributed by atoms with Crippen molar-refractivity contribution in [2.24, 2.45) is 0 Å². The van der Waals surface area contributed by atoms with Crippen LogP contribution in [0.15, 0.2) is 16.0 Å². The molecular weight excluding hydrogens is 254 g/mol. The Morgan fingerprint density at radius 1 is 1.61 bits per heavy atom. The number of anilines is 1. The molecule has 6 nitrogen and oxygen atoms in total. The summed E-state index contributed by atoms with van der Waals surface area (Å²) in [6.07, 6.45) is 0.555. The van der Waals surface area contributed by atoms with Crippen molar-refractivity contribution in [2.75, 3.05) is 5.32 Å². The highest BCUT2D eigenvalue weighted by Crippen LogP contribution is 2.17. The number of nitrogens with zero attached hydrogens (tertiary/aromatic N) is 2. The monoisotopic (exact) mass is 267 g/mol. The van der Waals surface area contributed by atoms with Gasteiger partial charge in [-0.15, -0.1) is 11.3 Å². The quantitative estimate of drug-likeness (QED) is 0.833. The number of carboxylic acids is 1. The Hall–Kier alpha value is -1.89. The Kier molecular flexibility index (Phi) is 3.93. The van der Waals surface area contributed by atoms with E-state index in [0.717, 1.165) is 22.3 Å². The maximum absolute atomic E-state index is 10.4. The van der Waals surface area contributed by atoms with E-state index in [4.69, 9.17) is 9.63 Å². The van der Waals surface area contributed by atoms with Gasteiger partial charge in [0.05, 0.1) is 24.4 Å². The van der Waals surface area contributed by atoms with E-state index in [2.05, 4.69) is 15.5 Å². The first-order chi connectivity index (χ1) is 8.63. The lowest BCUT2D eigenvalue weighted by Gasteiger charge is -1.97. The minimum absolute atomic E-state index is 0.102. The first-order valence-electron chi connectivity index (χ1n) is 5.46. The number of rotatable bonds is 6. The highest BCUT2D eigenvalue weighted by Gasteiger charge is 2.06. The molecule has 0 spiro atoms. The van der Waals surface area contributed by atoms with Gasteiger partial charge in [-0.25, -0.2) is 4.98 Å². The predicted molar refractivity (Wildman–Crippen MR) is 66.6 cm³/mol. The molecule has 2 heterocycles. The van der Waals surface area contributed by atoms with E-state index < -0.39 is 5.97 Å². The van der Waals surface area contributed by atoms with Crippen LogP contribution in [0.25, 0.3) is 0 Å². The first-order valence-corrected chi connectivity index (χ1v) is 6.33. The normalized spacial score (nSPS) is 10.5. The third-order valence-corrected chi connectivity index (χ3v) is 3.09. The summed E-state index contributed by atoms with van der Waals surface area (Å²) in [5.41, 5.74) is 1.63. The Balaban J connectivity index is 1.84. The van der Waals surface area contributed by atoms with Crippen LogP contribution in [0.4, 0.5) is 5.13 Å². The van der Waals surface area contributed by atoms with Crippen LogP contribution < -0.4 is 5.32 Å². The molecule has 2 aromatic heterocycles. The van der Waals surface area contributed by atoms with Gasteiger partial charge in [0.2, 0.25) is 0 Å². The molecule has 2 aromatic rings. The summed E-state index contributed by atoms with van der Waals surface area (Å²) in [4.78, 5) is 14.7. The number of aromatic nitrogens is 2. The van der Waals surface area contributed by atoms with E-state index in [-0.39, 0.29) is 6.42 Å². The maximum Gasteiger partial charge on any atom is 0.303 e. The number of carbonyl (C=O) groups is 1. The minimum atomic E-state index is -0.811. The number of aliphatic carboxylic acids is 1. The zero-order valence-electron chi connectivity index (χ0n) is 9.84. The molecule has 0 radical (unpaired) electrons. The van der Waals surface area contributed by atoms with Crippen molar-refractivity contribution >= 4 is 22.4 Å². The number of hydrogen-bond donors (Lipinski definition) is 2. The van der Waals surface area contributed by atoms with Gasteiger partial charge < -0.3 is 14.9 Å². The van der Waals surface area contributed by atoms with E-state index in [1.165, 1.54) is 11.3 Å². The summed E-state index contributed by atoms with van der Waals surface area (Å²) in [6.45, 7) is 2.38. The summed E-state index contributed by atoms with van der Waals surface area (Å²) in [5.74, 6) is -0.0653. The largest absolute Gasteiger partial charge is 0.481 e. The Morgan fingerprint density at radius 3 is 3.11 bits per heavy atom. The van der Waals surface area contributed by atoms with E-state index in [0.29, 0.717) is 13.0 Å². The van der Waals surface area contributed by atoms with Gasteiger partial charge in [0.1, 0.15) is 0 Å². The lowest BCUT2D eigenvalue weighted by atomic mass is 10.2. The zero-order valence-corrected chi connectivity index (χ0v) is 10.7. The Morgan fingerprint density at radius 2 is 2.44 bits per heavy atom. The third-order valence-electron chi connectivity index (χ3n) is 2.24. The van der Waals surface area contributed by atoms with Gasteiger partial charge in [0, 0.05) is 17.9 Å². The summed E-state index contributed by atoms with van der Waals surface area (Å²) >= 11 is 1.45. The van der Waals surface area contributed by atoms with Gasteiger partial charge in [-0.05, 0) is 6.92 Å². The number of carboxylic acid groups (broad SMARTS) is 1. The fourth-order valence-corrected chi connectivity index (χ4v) is 2.14.